The van der Waals surface area contributed by atoms with Crippen LogP contribution in [0, 0.1) is 6.92 Å². The van der Waals surface area contributed by atoms with E-state index >= 15 is 0 Å². The van der Waals surface area contributed by atoms with Gasteiger partial charge in [0.25, 0.3) is 0 Å². The Labute approximate surface area is 112 Å². The van der Waals surface area contributed by atoms with Crippen molar-refractivity contribution in [3.05, 3.63) is 35.4 Å². The molecule has 0 saturated carbocycles. The molecule has 102 valence electrons. The van der Waals surface area contributed by atoms with Gasteiger partial charge in [-0.15, -0.1) is 0 Å². The van der Waals surface area contributed by atoms with Gasteiger partial charge in [0, 0.05) is 0 Å². The van der Waals surface area contributed by atoms with Crippen LogP contribution in [0.5, 0.6) is 0 Å². The fraction of sp³-hybridized carbons (Fsp3) is 0.625. The maximum absolute atomic E-state index is 6.16. The molecule has 0 aliphatic carbocycles. The van der Waals surface area contributed by atoms with Gasteiger partial charge in [0.1, 0.15) is 0 Å². The molecule has 0 aliphatic rings. The lowest BCUT2D eigenvalue weighted by molar-refractivity contribution is -0.0791. The Morgan fingerprint density at radius 3 is 2.22 bits per heavy atom. The molecule has 2 unspecified atom stereocenters. The molecule has 2 heteroatoms. The fourth-order valence-electron chi connectivity index (χ4n) is 2.10. The van der Waals surface area contributed by atoms with E-state index in [-0.39, 0.29) is 17.7 Å². The van der Waals surface area contributed by atoms with Crippen molar-refractivity contribution < 1.29 is 4.74 Å². The Morgan fingerprint density at radius 1 is 1.22 bits per heavy atom. The third-order valence-electron chi connectivity index (χ3n) is 3.57. The quantitative estimate of drug-likeness (QED) is 0.827. The third kappa shape index (κ3) is 4.11. The Hall–Kier alpha value is -0.860. The molecule has 0 bridgehead atoms. The molecule has 2 atom stereocenters. The average molecular weight is 249 g/mol. The first kappa shape index (κ1) is 15.2. The third-order valence-corrected chi connectivity index (χ3v) is 3.57. The predicted molar refractivity (Wildman–Crippen MR) is 77.9 cm³/mol. The number of nitrogens with one attached hydrogen (secondary N) is 1. The molecule has 0 amide bonds. The summed E-state index contributed by atoms with van der Waals surface area (Å²) in [6, 6.07) is 8.88. The van der Waals surface area contributed by atoms with Gasteiger partial charge in [-0.3, -0.25) is 0 Å². The number of aryl methyl sites for hydroxylation is 1. The summed E-state index contributed by atoms with van der Waals surface area (Å²) in [5, 5.41) is 3.36. The molecule has 0 saturated heterocycles. The van der Waals surface area contributed by atoms with Crippen molar-refractivity contribution in [3.8, 4) is 0 Å². The standard InChI is InChI=1S/C16H27NO/c1-7-16(4,5)18-13(3)15(17-6)14-10-8-12(2)9-11-14/h8-11,13,15,17H,7H2,1-6H3. The normalized spacial score (nSPS) is 15.4. The van der Waals surface area contributed by atoms with Crippen molar-refractivity contribution >= 4 is 0 Å². The lowest BCUT2D eigenvalue weighted by atomic mass is 9.99. The van der Waals surface area contributed by atoms with E-state index in [0.717, 1.165) is 6.42 Å². The maximum Gasteiger partial charge on any atom is 0.0748 e. The van der Waals surface area contributed by atoms with Crippen LogP contribution in [0.15, 0.2) is 24.3 Å². The largest absolute Gasteiger partial charge is 0.371 e. The van der Waals surface area contributed by atoms with E-state index in [2.05, 4.69) is 64.2 Å². The minimum Gasteiger partial charge on any atom is -0.371 e. The van der Waals surface area contributed by atoms with E-state index in [9.17, 15) is 0 Å². The van der Waals surface area contributed by atoms with Gasteiger partial charge in [-0.05, 0) is 46.7 Å². The highest BCUT2D eigenvalue weighted by Crippen LogP contribution is 2.25. The first-order valence-corrected chi connectivity index (χ1v) is 6.81. The Balaban J connectivity index is 2.80. The molecule has 1 rings (SSSR count). The fourth-order valence-corrected chi connectivity index (χ4v) is 2.10. The molecule has 0 aromatic heterocycles. The molecule has 1 aromatic carbocycles. The topological polar surface area (TPSA) is 21.3 Å². The van der Waals surface area contributed by atoms with Gasteiger partial charge in [0.2, 0.25) is 0 Å². The number of hydrogen-bond donors (Lipinski definition) is 1. The molecular weight excluding hydrogens is 222 g/mol. The van der Waals surface area contributed by atoms with Crippen LogP contribution in [0.25, 0.3) is 0 Å². The molecule has 2 nitrogen and oxygen atoms in total. The summed E-state index contributed by atoms with van der Waals surface area (Å²) in [5.41, 5.74) is 2.50. The Morgan fingerprint density at radius 2 is 1.78 bits per heavy atom. The molecule has 1 N–H and O–H groups in total. The first-order valence-electron chi connectivity index (χ1n) is 6.81. The second-order valence-electron chi connectivity index (χ2n) is 5.61. The van der Waals surface area contributed by atoms with E-state index in [1.165, 1.54) is 11.1 Å². The zero-order valence-corrected chi connectivity index (χ0v) is 12.6. The molecule has 0 fully saturated rings. The van der Waals surface area contributed by atoms with Gasteiger partial charge in [-0.1, -0.05) is 36.8 Å². The van der Waals surface area contributed by atoms with E-state index in [4.69, 9.17) is 4.74 Å². The molecular formula is C16H27NO. The zero-order valence-electron chi connectivity index (χ0n) is 12.6. The van der Waals surface area contributed by atoms with Crippen LogP contribution >= 0.6 is 0 Å². The highest BCUT2D eigenvalue weighted by Gasteiger charge is 2.25. The number of hydrogen-bond acceptors (Lipinski definition) is 2. The number of ether oxygens (including phenoxy) is 1. The second kappa shape index (κ2) is 6.35. The van der Waals surface area contributed by atoms with Crippen LogP contribution < -0.4 is 5.32 Å². The minimum atomic E-state index is -0.0702. The molecule has 0 radical (unpaired) electrons. The lowest BCUT2D eigenvalue weighted by Crippen LogP contribution is -2.36. The van der Waals surface area contributed by atoms with Crippen LogP contribution in [0.1, 0.15) is 51.3 Å². The molecule has 0 aliphatic heterocycles. The summed E-state index contributed by atoms with van der Waals surface area (Å²) < 4.78 is 6.16. The van der Waals surface area contributed by atoms with Crippen LogP contribution in [-0.2, 0) is 4.74 Å². The highest BCUT2D eigenvalue weighted by atomic mass is 16.5. The van der Waals surface area contributed by atoms with Crippen molar-refractivity contribution in [2.75, 3.05) is 7.05 Å². The van der Waals surface area contributed by atoms with Crippen molar-refractivity contribution in [3.63, 3.8) is 0 Å². The lowest BCUT2D eigenvalue weighted by Gasteiger charge is -2.33. The van der Waals surface area contributed by atoms with E-state index in [1.807, 2.05) is 7.05 Å². The van der Waals surface area contributed by atoms with Crippen LogP contribution in [0.3, 0.4) is 0 Å². The van der Waals surface area contributed by atoms with Crippen molar-refractivity contribution in [2.24, 2.45) is 0 Å². The van der Waals surface area contributed by atoms with E-state index in [1.54, 1.807) is 0 Å². The molecule has 0 heterocycles. The number of benzene rings is 1. The highest BCUT2D eigenvalue weighted by molar-refractivity contribution is 5.24. The molecule has 18 heavy (non-hydrogen) atoms. The maximum atomic E-state index is 6.16. The smallest absolute Gasteiger partial charge is 0.0748 e. The number of rotatable bonds is 6. The Kier molecular flexibility index (Phi) is 5.36. The van der Waals surface area contributed by atoms with Gasteiger partial charge in [0.15, 0.2) is 0 Å². The van der Waals surface area contributed by atoms with Crippen molar-refractivity contribution in [1.29, 1.82) is 0 Å². The summed E-state index contributed by atoms with van der Waals surface area (Å²) in [6.07, 6.45) is 1.16. The van der Waals surface area contributed by atoms with Crippen LogP contribution in [0.2, 0.25) is 0 Å². The SMILES string of the molecule is CCC(C)(C)OC(C)C(NC)c1ccc(C)cc1. The van der Waals surface area contributed by atoms with Gasteiger partial charge < -0.3 is 10.1 Å². The summed E-state index contributed by atoms with van der Waals surface area (Å²) in [7, 11) is 1.99. The monoisotopic (exact) mass is 249 g/mol. The molecule has 0 spiro atoms. The summed E-state index contributed by atoms with van der Waals surface area (Å²) in [5.74, 6) is 0. The van der Waals surface area contributed by atoms with Gasteiger partial charge >= 0.3 is 0 Å². The summed E-state index contributed by atoms with van der Waals surface area (Å²) in [4.78, 5) is 0. The van der Waals surface area contributed by atoms with E-state index in [0.29, 0.717) is 0 Å². The van der Waals surface area contributed by atoms with Crippen molar-refractivity contribution in [2.45, 2.75) is 58.8 Å². The molecule has 1 aromatic rings. The second-order valence-corrected chi connectivity index (χ2v) is 5.61. The van der Waals surface area contributed by atoms with Crippen LogP contribution in [0.4, 0.5) is 0 Å². The predicted octanol–water partition coefficient (Wildman–Crippen LogP) is 3.85. The average Bonchev–Trinajstić information content (AvgIpc) is 2.32. The van der Waals surface area contributed by atoms with Gasteiger partial charge in [-0.25, -0.2) is 0 Å². The van der Waals surface area contributed by atoms with Crippen LogP contribution in [-0.4, -0.2) is 18.8 Å². The number of likely N-dealkylation sites (N-methyl/N-ethyl adjacent to an activating group) is 1. The zero-order chi connectivity index (χ0) is 13.8. The van der Waals surface area contributed by atoms with Gasteiger partial charge in [-0.2, -0.15) is 0 Å². The first-order chi connectivity index (χ1) is 8.39. The minimum absolute atomic E-state index is 0.0702. The van der Waals surface area contributed by atoms with Crippen molar-refractivity contribution in [1.82, 2.24) is 5.32 Å². The summed E-state index contributed by atoms with van der Waals surface area (Å²) in [6.45, 7) is 10.7. The summed E-state index contributed by atoms with van der Waals surface area (Å²) >= 11 is 0. The van der Waals surface area contributed by atoms with Gasteiger partial charge in [0.05, 0.1) is 17.7 Å². The Bertz CT molecular complexity index is 356. The van der Waals surface area contributed by atoms with E-state index < -0.39 is 0 Å².